The number of amides is 3. The Hall–Kier alpha value is -3.30. The van der Waals surface area contributed by atoms with Crippen LogP contribution in [0.15, 0.2) is 24.3 Å². The number of ether oxygens (including phenoxy) is 2. The second kappa shape index (κ2) is 13.9. The highest BCUT2D eigenvalue weighted by Gasteiger charge is 2.31. The van der Waals surface area contributed by atoms with E-state index in [4.69, 9.17) is 9.47 Å². The maximum Gasteiger partial charge on any atom is 0.408 e. The first-order valence-electron chi connectivity index (χ1n) is 12.9. The number of fused-ring (bicyclic) bond motifs is 14. The van der Waals surface area contributed by atoms with E-state index in [0.29, 0.717) is 25.8 Å². The second-order valence-electron chi connectivity index (χ2n) is 10.8. The van der Waals surface area contributed by atoms with Crippen molar-refractivity contribution in [2.45, 2.75) is 90.4 Å². The van der Waals surface area contributed by atoms with E-state index in [1.54, 1.807) is 20.8 Å². The van der Waals surface area contributed by atoms with E-state index in [1.165, 1.54) is 7.11 Å². The number of nitrogens with one attached hydrogen (secondary N) is 4. The van der Waals surface area contributed by atoms with Crippen LogP contribution in [0.1, 0.15) is 65.9 Å². The lowest BCUT2D eigenvalue weighted by atomic mass is 10.0. The van der Waals surface area contributed by atoms with Gasteiger partial charge in [-0.15, -0.1) is 0 Å². The fraction of sp³-hybridized carbons (Fsp3) is 0.630. The topological polar surface area (TPSA) is 135 Å². The number of hydrogen-bond acceptors (Lipinski definition) is 7. The van der Waals surface area contributed by atoms with E-state index in [0.717, 1.165) is 17.7 Å². The molecule has 0 spiro atoms. The molecule has 0 aliphatic carbocycles. The molecule has 0 fully saturated rings. The van der Waals surface area contributed by atoms with Crippen molar-refractivity contribution in [1.29, 1.82) is 0 Å². The van der Waals surface area contributed by atoms with Crippen LogP contribution in [0, 0.1) is 5.92 Å². The summed E-state index contributed by atoms with van der Waals surface area (Å²) < 4.78 is 10.3. The summed E-state index contributed by atoms with van der Waals surface area (Å²) in [6, 6.07) is 4.91. The molecule has 10 nitrogen and oxygen atoms in total. The summed E-state index contributed by atoms with van der Waals surface area (Å²) in [5.74, 6) is -1.45. The number of methoxy groups -OCH3 is 1. The Balaban J connectivity index is 2.36. The Kier molecular flexibility index (Phi) is 11.2. The average molecular weight is 519 g/mol. The number of carbonyl (C=O) groups excluding carboxylic acids is 4. The summed E-state index contributed by atoms with van der Waals surface area (Å²) in [6.07, 6.45) is 1.71. The number of esters is 1. The summed E-state index contributed by atoms with van der Waals surface area (Å²) in [6.45, 7) is 9.78. The molecule has 1 aromatic carbocycles. The highest BCUT2D eigenvalue weighted by molar-refractivity contribution is 5.93. The first-order valence-corrected chi connectivity index (χ1v) is 12.9. The zero-order valence-electron chi connectivity index (χ0n) is 22.8. The summed E-state index contributed by atoms with van der Waals surface area (Å²) in [7, 11) is 1.28. The van der Waals surface area contributed by atoms with Gasteiger partial charge in [0, 0.05) is 18.7 Å². The number of anilines is 1. The molecule has 3 rings (SSSR count). The Labute approximate surface area is 219 Å². The minimum Gasteiger partial charge on any atom is -0.467 e. The SMILES string of the molecule is COC(=O)[C@@H]1CCCCNc2ccc(cc2)C[C@H](NC(=O)OC(C)(C)C)C(=O)N[C@@H](CC(C)C)C(=O)N1. The van der Waals surface area contributed by atoms with E-state index in [-0.39, 0.29) is 12.3 Å². The maximum absolute atomic E-state index is 13.4. The van der Waals surface area contributed by atoms with Crippen molar-refractivity contribution in [2.24, 2.45) is 5.92 Å². The molecule has 0 saturated carbocycles. The molecule has 2 aliphatic heterocycles. The van der Waals surface area contributed by atoms with Gasteiger partial charge in [0.15, 0.2) is 0 Å². The lowest BCUT2D eigenvalue weighted by Crippen LogP contribution is -2.56. The van der Waals surface area contributed by atoms with Crippen LogP contribution in [0.2, 0.25) is 0 Å². The molecular formula is C27H42N4O6. The monoisotopic (exact) mass is 518 g/mol. The number of rotatable bonds is 4. The van der Waals surface area contributed by atoms with Crippen molar-refractivity contribution in [3.63, 3.8) is 0 Å². The third kappa shape index (κ3) is 10.7. The molecule has 4 N–H and O–H groups in total. The molecule has 1 aromatic rings. The van der Waals surface area contributed by atoms with Gasteiger partial charge < -0.3 is 30.7 Å². The maximum atomic E-state index is 13.4. The van der Waals surface area contributed by atoms with Crippen molar-refractivity contribution in [3.8, 4) is 0 Å². The van der Waals surface area contributed by atoms with Gasteiger partial charge in [-0.05, 0) is 70.1 Å². The predicted octanol–water partition coefficient (Wildman–Crippen LogP) is 2.91. The average Bonchev–Trinajstić information content (AvgIpc) is 2.80. The molecular weight excluding hydrogens is 476 g/mol. The lowest BCUT2D eigenvalue weighted by Gasteiger charge is -2.27. The molecule has 0 saturated heterocycles. The predicted molar refractivity (Wildman–Crippen MR) is 141 cm³/mol. The minimum absolute atomic E-state index is 0.0811. The van der Waals surface area contributed by atoms with Crippen LogP contribution in [0.5, 0.6) is 0 Å². The third-order valence-electron chi connectivity index (χ3n) is 5.79. The van der Waals surface area contributed by atoms with Crippen LogP contribution >= 0.6 is 0 Å². The van der Waals surface area contributed by atoms with Gasteiger partial charge in [-0.2, -0.15) is 0 Å². The Bertz CT molecular complexity index is 926. The summed E-state index contributed by atoms with van der Waals surface area (Å²) in [5, 5.41) is 11.5. The van der Waals surface area contributed by atoms with Gasteiger partial charge >= 0.3 is 12.1 Å². The number of carbonyl (C=O) groups is 4. The zero-order chi connectivity index (χ0) is 27.6. The molecule has 37 heavy (non-hydrogen) atoms. The molecule has 0 aromatic heterocycles. The second-order valence-corrected chi connectivity index (χ2v) is 10.8. The van der Waals surface area contributed by atoms with Gasteiger partial charge in [-0.25, -0.2) is 9.59 Å². The highest BCUT2D eigenvalue weighted by atomic mass is 16.6. The number of benzene rings is 1. The minimum atomic E-state index is -0.983. The van der Waals surface area contributed by atoms with Gasteiger partial charge in [0.25, 0.3) is 0 Å². The van der Waals surface area contributed by atoms with E-state index in [2.05, 4.69) is 21.3 Å². The fourth-order valence-corrected chi connectivity index (χ4v) is 4.00. The third-order valence-corrected chi connectivity index (χ3v) is 5.79. The van der Waals surface area contributed by atoms with Gasteiger partial charge in [0.2, 0.25) is 11.8 Å². The van der Waals surface area contributed by atoms with Crippen molar-refractivity contribution in [3.05, 3.63) is 29.8 Å². The van der Waals surface area contributed by atoms with Gasteiger partial charge in [0.05, 0.1) is 7.11 Å². The van der Waals surface area contributed by atoms with E-state index in [9.17, 15) is 19.2 Å². The number of hydrogen-bond donors (Lipinski definition) is 4. The van der Waals surface area contributed by atoms with Crippen molar-refractivity contribution in [1.82, 2.24) is 16.0 Å². The van der Waals surface area contributed by atoms with Crippen molar-refractivity contribution >= 4 is 29.6 Å². The normalized spacial score (nSPS) is 21.8. The fourth-order valence-electron chi connectivity index (χ4n) is 4.00. The van der Waals surface area contributed by atoms with Gasteiger partial charge in [-0.3, -0.25) is 9.59 Å². The standard InChI is InChI=1S/C27H42N4O6/c1-17(2)15-21-23(32)29-20(25(34)36-6)9-7-8-14-28-19-12-10-18(11-13-19)16-22(24(33)30-21)31-26(35)37-27(3,4)5/h10-13,17,20-22,28H,7-9,14-16H2,1-6H3,(H,29,32)(H,30,33)(H,31,35)/t20-,21-,22-/m0/s1. The summed E-state index contributed by atoms with van der Waals surface area (Å²) >= 11 is 0. The van der Waals surface area contributed by atoms with E-state index < -0.39 is 47.6 Å². The van der Waals surface area contributed by atoms with Crippen LogP contribution in [0.25, 0.3) is 0 Å². The first kappa shape index (κ1) is 29.9. The molecule has 206 valence electrons. The number of alkyl carbamates (subject to hydrolysis) is 1. The largest absolute Gasteiger partial charge is 0.467 e. The molecule has 10 heteroatoms. The molecule has 2 bridgehead atoms. The van der Waals surface area contributed by atoms with Crippen molar-refractivity contribution < 1.29 is 28.7 Å². The van der Waals surface area contributed by atoms with Crippen LogP contribution in [-0.4, -0.2) is 61.3 Å². The molecule has 2 heterocycles. The van der Waals surface area contributed by atoms with Crippen LogP contribution in [0.3, 0.4) is 0 Å². The zero-order valence-corrected chi connectivity index (χ0v) is 22.8. The van der Waals surface area contributed by atoms with Gasteiger partial charge in [-0.1, -0.05) is 26.0 Å². The lowest BCUT2D eigenvalue weighted by molar-refractivity contribution is -0.145. The van der Waals surface area contributed by atoms with E-state index in [1.807, 2.05) is 38.1 Å². The Morgan fingerprint density at radius 2 is 1.73 bits per heavy atom. The Morgan fingerprint density at radius 3 is 2.32 bits per heavy atom. The smallest absolute Gasteiger partial charge is 0.408 e. The highest BCUT2D eigenvalue weighted by Crippen LogP contribution is 2.15. The summed E-state index contributed by atoms with van der Waals surface area (Å²) in [4.78, 5) is 51.5. The molecule has 0 unspecified atom stereocenters. The van der Waals surface area contributed by atoms with Crippen LogP contribution in [0.4, 0.5) is 10.5 Å². The molecule has 0 radical (unpaired) electrons. The molecule has 2 aliphatic rings. The van der Waals surface area contributed by atoms with Gasteiger partial charge in [0.1, 0.15) is 23.7 Å². The molecule has 3 atom stereocenters. The van der Waals surface area contributed by atoms with Crippen molar-refractivity contribution in [2.75, 3.05) is 19.0 Å². The quantitative estimate of drug-likeness (QED) is 0.450. The Morgan fingerprint density at radius 1 is 1.05 bits per heavy atom. The van der Waals surface area contributed by atoms with Crippen LogP contribution in [-0.2, 0) is 30.3 Å². The van der Waals surface area contributed by atoms with Crippen LogP contribution < -0.4 is 21.3 Å². The summed E-state index contributed by atoms with van der Waals surface area (Å²) in [5.41, 5.74) is 1.01. The van der Waals surface area contributed by atoms with E-state index >= 15 is 0 Å². The molecule has 3 amide bonds. The first-order chi connectivity index (χ1) is 17.4.